The van der Waals surface area contributed by atoms with Crippen LogP contribution in [0.25, 0.3) is 0 Å². The second-order valence-corrected chi connectivity index (χ2v) is 5.79. The monoisotopic (exact) mass is 307 g/mol. The van der Waals surface area contributed by atoms with Crippen LogP contribution in [-0.2, 0) is 9.59 Å². The van der Waals surface area contributed by atoms with Crippen LogP contribution in [0.1, 0.15) is 13.8 Å². The Bertz CT molecular complexity index is 500. The summed E-state index contributed by atoms with van der Waals surface area (Å²) in [7, 11) is 0. The Balaban J connectivity index is 1.90. The molecule has 0 spiro atoms. The van der Waals surface area contributed by atoms with Crippen LogP contribution in [0.5, 0.6) is 0 Å². The lowest BCUT2D eigenvalue weighted by Crippen LogP contribution is -2.34. The van der Waals surface area contributed by atoms with E-state index in [2.05, 4.69) is 24.1 Å². The maximum Gasteiger partial charge on any atom is 0.244 e. The Morgan fingerprint density at radius 1 is 1.29 bits per heavy atom. The zero-order chi connectivity index (χ0) is 15.2. The summed E-state index contributed by atoms with van der Waals surface area (Å²) < 4.78 is 0. The highest BCUT2D eigenvalue weighted by Crippen LogP contribution is 2.18. The van der Waals surface area contributed by atoms with Crippen molar-refractivity contribution >= 4 is 35.0 Å². The third-order valence-electron chi connectivity index (χ3n) is 3.44. The second-order valence-electron chi connectivity index (χ2n) is 4.84. The molecule has 2 amide bonds. The molecule has 0 bridgehead atoms. The van der Waals surface area contributed by atoms with Crippen LogP contribution in [0.4, 0.5) is 11.4 Å². The highest BCUT2D eigenvalue weighted by molar-refractivity contribution is 8.00. The number of hydrogen-bond donors (Lipinski definition) is 1. The molecule has 1 N–H and O–H groups in total. The first-order valence-electron chi connectivity index (χ1n) is 7.14. The molecule has 0 saturated carbocycles. The molecule has 1 heterocycles. The zero-order valence-corrected chi connectivity index (χ0v) is 13.3. The molecular formula is C15H21N3O2S. The smallest absolute Gasteiger partial charge is 0.244 e. The first-order chi connectivity index (χ1) is 10.1. The SMILES string of the molecule is CCN(CC)c1ccc(NC(=O)CN2CSCC2=O)cc1. The average Bonchev–Trinajstić information content (AvgIpc) is 2.87. The van der Waals surface area contributed by atoms with Gasteiger partial charge in [-0.2, -0.15) is 0 Å². The van der Waals surface area contributed by atoms with E-state index in [1.54, 1.807) is 4.90 Å². The molecule has 114 valence electrons. The highest BCUT2D eigenvalue weighted by Gasteiger charge is 2.22. The summed E-state index contributed by atoms with van der Waals surface area (Å²) in [6, 6.07) is 7.79. The Kier molecular flexibility index (Phi) is 5.50. The van der Waals surface area contributed by atoms with E-state index in [1.165, 1.54) is 11.8 Å². The summed E-state index contributed by atoms with van der Waals surface area (Å²) in [4.78, 5) is 27.2. The van der Waals surface area contributed by atoms with Crippen LogP contribution in [0, 0.1) is 0 Å². The van der Waals surface area contributed by atoms with Crippen molar-refractivity contribution in [1.82, 2.24) is 4.90 Å². The Morgan fingerprint density at radius 3 is 2.48 bits per heavy atom. The van der Waals surface area contributed by atoms with E-state index >= 15 is 0 Å². The lowest BCUT2D eigenvalue weighted by molar-refractivity contribution is -0.130. The van der Waals surface area contributed by atoms with Crippen molar-refractivity contribution < 1.29 is 9.59 Å². The molecule has 2 rings (SSSR count). The lowest BCUT2D eigenvalue weighted by atomic mass is 10.2. The molecular weight excluding hydrogens is 286 g/mol. The Hall–Kier alpha value is -1.69. The van der Waals surface area contributed by atoms with Crippen molar-refractivity contribution in [2.24, 2.45) is 0 Å². The van der Waals surface area contributed by atoms with Crippen molar-refractivity contribution in [1.29, 1.82) is 0 Å². The van der Waals surface area contributed by atoms with Crippen LogP contribution in [-0.4, -0.2) is 48.0 Å². The fraction of sp³-hybridized carbons (Fsp3) is 0.467. The molecule has 1 aliphatic rings. The second kappa shape index (κ2) is 7.36. The number of nitrogens with zero attached hydrogens (tertiary/aromatic N) is 2. The van der Waals surface area contributed by atoms with Crippen molar-refractivity contribution in [3.8, 4) is 0 Å². The minimum Gasteiger partial charge on any atom is -0.372 e. The van der Waals surface area contributed by atoms with Crippen LogP contribution in [0.3, 0.4) is 0 Å². The van der Waals surface area contributed by atoms with E-state index in [1.807, 2.05) is 24.3 Å². The van der Waals surface area contributed by atoms with Gasteiger partial charge in [-0.25, -0.2) is 0 Å². The molecule has 0 aliphatic carbocycles. The van der Waals surface area contributed by atoms with Gasteiger partial charge >= 0.3 is 0 Å². The Labute approximate surface area is 129 Å². The van der Waals surface area contributed by atoms with Crippen molar-refractivity contribution in [3.63, 3.8) is 0 Å². The predicted octanol–water partition coefficient (Wildman–Crippen LogP) is 2.00. The van der Waals surface area contributed by atoms with Crippen molar-refractivity contribution in [3.05, 3.63) is 24.3 Å². The number of benzene rings is 1. The van der Waals surface area contributed by atoms with E-state index in [-0.39, 0.29) is 18.4 Å². The molecule has 1 aromatic rings. The summed E-state index contributed by atoms with van der Waals surface area (Å²) in [5.41, 5.74) is 1.90. The van der Waals surface area contributed by atoms with Crippen LogP contribution in [0.15, 0.2) is 24.3 Å². The number of thioether (sulfide) groups is 1. The van der Waals surface area contributed by atoms with Gasteiger partial charge < -0.3 is 15.1 Å². The fourth-order valence-corrected chi connectivity index (χ4v) is 3.16. The van der Waals surface area contributed by atoms with Gasteiger partial charge in [0.15, 0.2) is 0 Å². The van der Waals surface area contributed by atoms with E-state index in [0.29, 0.717) is 11.6 Å². The summed E-state index contributed by atoms with van der Waals surface area (Å²) in [5.74, 6) is 0.965. The summed E-state index contributed by atoms with van der Waals surface area (Å²) in [6.07, 6.45) is 0. The molecule has 1 fully saturated rings. The molecule has 6 heteroatoms. The summed E-state index contributed by atoms with van der Waals surface area (Å²) in [5, 5.41) is 2.83. The summed E-state index contributed by atoms with van der Waals surface area (Å²) in [6.45, 7) is 6.27. The van der Waals surface area contributed by atoms with Gasteiger partial charge in [-0.15, -0.1) is 11.8 Å². The standard InChI is InChI=1S/C15H21N3O2S/c1-3-17(4-2)13-7-5-12(6-8-13)16-14(19)9-18-11-21-10-15(18)20/h5-8H,3-4,9-11H2,1-2H3,(H,16,19). The molecule has 1 saturated heterocycles. The zero-order valence-electron chi connectivity index (χ0n) is 12.5. The average molecular weight is 307 g/mol. The largest absolute Gasteiger partial charge is 0.372 e. The van der Waals surface area contributed by atoms with Crippen molar-refractivity contribution in [2.45, 2.75) is 13.8 Å². The molecule has 0 atom stereocenters. The molecule has 1 aliphatic heterocycles. The molecule has 0 unspecified atom stereocenters. The molecule has 1 aromatic carbocycles. The number of amides is 2. The van der Waals surface area contributed by atoms with Crippen LogP contribution < -0.4 is 10.2 Å². The first-order valence-corrected chi connectivity index (χ1v) is 8.30. The van der Waals surface area contributed by atoms with Gasteiger partial charge in [-0.3, -0.25) is 9.59 Å². The van der Waals surface area contributed by atoms with Gasteiger partial charge in [-0.1, -0.05) is 0 Å². The normalized spacial score (nSPS) is 14.4. The van der Waals surface area contributed by atoms with Crippen LogP contribution >= 0.6 is 11.8 Å². The molecule has 5 nitrogen and oxygen atoms in total. The van der Waals surface area contributed by atoms with Crippen LogP contribution in [0.2, 0.25) is 0 Å². The summed E-state index contributed by atoms with van der Waals surface area (Å²) >= 11 is 1.54. The highest BCUT2D eigenvalue weighted by atomic mass is 32.2. The van der Waals surface area contributed by atoms with E-state index < -0.39 is 0 Å². The third-order valence-corrected chi connectivity index (χ3v) is 4.38. The van der Waals surface area contributed by atoms with Gasteiger partial charge in [0, 0.05) is 24.5 Å². The minimum atomic E-state index is -0.151. The molecule has 21 heavy (non-hydrogen) atoms. The maximum absolute atomic E-state index is 11.9. The lowest BCUT2D eigenvalue weighted by Gasteiger charge is -2.21. The first kappa shape index (κ1) is 15.7. The number of hydrogen-bond acceptors (Lipinski definition) is 4. The number of rotatable bonds is 6. The minimum absolute atomic E-state index is 0.0343. The number of carbonyl (C=O) groups excluding carboxylic acids is 2. The fourth-order valence-electron chi connectivity index (χ4n) is 2.26. The number of nitrogens with one attached hydrogen (secondary N) is 1. The topological polar surface area (TPSA) is 52.7 Å². The van der Waals surface area contributed by atoms with E-state index in [4.69, 9.17) is 0 Å². The van der Waals surface area contributed by atoms with Gasteiger partial charge in [0.2, 0.25) is 11.8 Å². The third kappa shape index (κ3) is 4.14. The Morgan fingerprint density at radius 2 is 1.95 bits per heavy atom. The quantitative estimate of drug-likeness (QED) is 0.873. The molecule has 0 aromatic heterocycles. The number of anilines is 2. The van der Waals surface area contributed by atoms with E-state index in [9.17, 15) is 9.59 Å². The van der Waals surface area contributed by atoms with Gasteiger partial charge in [0.1, 0.15) is 6.54 Å². The number of carbonyl (C=O) groups is 2. The maximum atomic E-state index is 11.9. The van der Waals surface area contributed by atoms with E-state index in [0.717, 1.165) is 24.5 Å². The van der Waals surface area contributed by atoms with Crippen molar-refractivity contribution in [2.75, 3.05) is 41.5 Å². The predicted molar refractivity (Wildman–Crippen MR) is 87.7 cm³/mol. The van der Waals surface area contributed by atoms with Gasteiger partial charge in [0.05, 0.1) is 11.6 Å². The molecule has 0 radical (unpaired) electrons. The van der Waals surface area contributed by atoms with Gasteiger partial charge in [-0.05, 0) is 38.1 Å². The van der Waals surface area contributed by atoms with Gasteiger partial charge in [0.25, 0.3) is 0 Å².